The van der Waals surface area contributed by atoms with Gasteiger partial charge in [0.25, 0.3) is 11.4 Å². The second-order valence-corrected chi connectivity index (χ2v) is 8.75. The molecular formula is C25H20F2N4O5. The number of benzene rings is 1. The average Bonchev–Trinajstić information content (AvgIpc) is 3.44. The van der Waals surface area contributed by atoms with E-state index in [0.717, 1.165) is 12.1 Å². The summed E-state index contributed by atoms with van der Waals surface area (Å²) in [7, 11) is 1.54. The predicted molar refractivity (Wildman–Crippen MR) is 124 cm³/mol. The fourth-order valence-electron chi connectivity index (χ4n) is 3.67. The summed E-state index contributed by atoms with van der Waals surface area (Å²) >= 11 is 0. The SMILES string of the molecule is Cc1nnc(-c2cc3c(-c4cc(C(C)(C)O)cnc4Oc4ccc(F)cc4F)cn(C)c(=O)c3o2)o1. The Bertz CT molecular complexity index is 1680. The van der Waals surface area contributed by atoms with Gasteiger partial charge in [-0.1, -0.05) is 0 Å². The molecule has 0 aliphatic rings. The fourth-order valence-corrected chi connectivity index (χ4v) is 3.67. The maximum atomic E-state index is 14.4. The third kappa shape index (κ3) is 4.13. The van der Waals surface area contributed by atoms with Crippen LogP contribution in [0.2, 0.25) is 0 Å². The molecule has 0 saturated heterocycles. The third-order valence-corrected chi connectivity index (χ3v) is 5.54. The maximum absolute atomic E-state index is 14.4. The molecule has 0 radical (unpaired) electrons. The zero-order valence-electron chi connectivity index (χ0n) is 19.7. The highest BCUT2D eigenvalue weighted by Crippen LogP contribution is 2.39. The lowest BCUT2D eigenvalue weighted by Crippen LogP contribution is -2.17. The number of pyridine rings is 2. The highest BCUT2D eigenvalue weighted by atomic mass is 19.1. The summed E-state index contributed by atoms with van der Waals surface area (Å²) in [4.78, 5) is 17.2. The highest BCUT2D eigenvalue weighted by molar-refractivity contribution is 5.96. The summed E-state index contributed by atoms with van der Waals surface area (Å²) in [6.07, 6.45) is 2.93. The molecule has 184 valence electrons. The molecule has 0 unspecified atom stereocenters. The lowest BCUT2D eigenvalue weighted by atomic mass is 9.96. The molecule has 4 aromatic heterocycles. The predicted octanol–water partition coefficient (Wildman–Crippen LogP) is 4.85. The molecule has 0 aliphatic carbocycles. The van der Waals surface area contributed by atoms with E-state index in [4.69, 9.17) is 13.6 Å². The van der Waals surface area contributed by atoms with Crippen LogP contribution in [0.1, 0.15) is 25.3 Å². The van der Waals surface area contributed by atoms with Crippen molar-refractivity contribution >= 4 is 11.0 Å². The zero-order valence-corrected chi connectivity index (χ0v) is 19.7. The Morgan fingerprint density at radius 1 is 1.08 bits per heavy atom. The molecule has 9 nitrogen and oxygen atoms in total. The first kappa shape index (κ1) is 23.4. The number of aliphatic hydroxyl groups is 1. The monoisotopic (exact) mass is 494 g/mol. The van der Waals surface area contributed by atoms with Gasteiger partial charge in [-0.05, 0) is 38.1 Å². The summed E-state index contributed by atoms with van der Waals surface area (Å²) in [6.45, 7) is 4.78. The normalized spacial score (nSPS) is 11.9. The van der Waals surface area contributed by atoms with Crippen LogP contribution in [-0.4, -0.2) is 24.9 Å². The van der Waals surface area contributed by atoms with Crippen LogP contribution in [0.4, 0.5) is 8.78 Å². The van der Waals surface area contributed by atoms with E-state index in [1.54, 1.807) is 39.1 Å². The van der Waals surface area contributed by atoms with E-state index in [2.05, 4.69) is 15.2 Å². The Hall–Kier alpha value is -4.38. The molecule has 11 heteroatoms. The van der Waals surface area contributed by atoms with Crippen molar-refractivity contribution in [2.75, 3.05) is 0 Å². The second-order valence-electron chi connectivity index (χ2n) is 8.75. The molecule has 5 aromatic rings. The van der Waals surface area contributed by atoms with Crippen molar-refractivity contribution in [3.63, 3.8) is 0 Å². The largest absolute Gasteiger partial charge is 0.445 e. The molecule has 0 aliphatic heterocycles. The minimum absolute atomic E-state index is 0.00780. The van der Waals surface area contributed by atoms with E-state index in [9.17, 15) is 18.7 Å². The molecule has 0 amide bonds. The van der Waals surface area contributed by atoms with Crippen LogP contribution in [0.3, 0.4) is 0 Å². The summed E-state index contributed by atoms with van der Waals surface area (Å²) in [5.74, 6) is -1.39. The van der Waals surface area contributed by atoms with Crippen molar-refractivity contribution in [2.24, 2.45) is 7.05 Å². The first-order valence-corrected chi connectivity index (χ1v) is 10.8. The molecule has 1 N–H and O–H groups in total. The van der Waals surface area contributed by atoms with E-state index < -0.39 is 22.8 Å². The third-order valence-electron chi connectivity index (χ3n) is 5.54. The Balaban J connectivity index is 1.76. The Morgan fingerprint density at radius 2 is 1.86 bits per heavy atom. The van der Waals surface area contributed by atoms with Crippen LogP contribution in [0, 0.1) is 18.6 Å². The van der Waals surface area contributed by atoms with Gasteiger partial charge in [0.2, 0.25) is 17.4 Å². The van der Waals surface area contributed by atoms with Crippen LogP contribution < -0.4 is 10.3 Å². The molecule has 1 aromatic carbocycles. The van der Waals surface area contributed by atoms with Gasteiger partial charge in [-0.15, -0.1) is 10.2 Å². The Kier molecular flexibility index (Phi) is 5.44. The number of aromatic nitrogens is 4. The van der Waals surface area contributed by atoms with Gasteiger partial charge < -0.3 is 23.2 Å². The van der Waals surface area contributed by atoms with Gasteiger partial charge in [-0.2, -0.15) is 0 Å². The van der Waals surface area contributed by atoms with Crippen LogP contribution in [0.15, 0.2) is 56.4 Å². The lowest BCUT2D eigenvalue weighted by Gasteiger charge is -2.20. The van der Waals surface area contributed by atoms with Crippen LogP contribution in [0.5, 0.6) is 11.6 Å². The van der Waals surface area contributed by atoms with Gasteiger partial charge in [0.15, 0.2) is 17.3 Å². The first-order chi connectivity index (χ1) is 17.0. The van der Waals surface area contributed by atoms with E-state index in [1.165, 1.54) is 17.8 Å². The van der Waals surface area contributed by atoms with E-state index in [1.807, 2.05) is 0 Å². The maximum Gasteiger partial charge on any atom is 0.293 e. The molecule has 4 heterocycles. The quantitative estimate of drug-likeness (QED) is 0.369. The number of rotatable bonds is 5. The number of hydrogen-bond donors (Lipinski definition) is 1. The summed E-state index contributed by atoms with van der Waals surface area (Å²) in [5.41, 5.74) is -0.488. The fraction of sp³-hybridized carbons (Fsp3) is 0.200. The van der Waals surface area contributed by atoms with Crippen molar-refractivity contribution in [1.29, 1.82) is 0 Å². The summed E-state index contributed by atoms with van der Waals surface area (Å²) in [5, 5.41) is 18.7. The minimum Gasteiger partial charge on any atom is -0.445 e. The van der Waals surface area contributed by atoms with Crippen LogP contribution in [0.25, 0.3) is 33.7 Å². The Labute approximate surface area is 202 Å². The highest BCUT2D eigenvalue weighted by Gasteiger charge is 2.25. The van der Waals surface area contributed by atoms with Crippen molar-refractivity contribution in [3.8, 4) is 34.4 Å². The average molecular weight is 494 g/mol. The van der Waals surface area contributed by atoms with E-state index in [0.29, 0.717) is 34.0 Å². The molecule has 0 fully saturated rings. The molecule has 0 spiro atoms. The minimum atomic E-state index is -1.27. The number of aryl methyl sites for hydroxylation is 2. The van der Waals surface area contributed by atoms with Crippen LogP contribution >= 0.6 is 0 Å². The van der Waals surface area contributed by atoms with Gasteiger partial charge >= 0.3 is 0 Å². The zero-order chi connectivity index (χ0) is 25.8. The Morgan fingerprint density at radius 3 is 2.53 bits per heavy atom. The smallest absolute Gasteiger partial charge is 0.293 e. The second kappa shape index (κ2) is 8.38. The van der Waals surface area contributed by atoms with Gasteiger partial charge in [0.1, 0.15) is 5.82 Å². The molecular weight excluding hydrogens is 474 g/mol. The number of nitrogens with zero attached hydrogens (tertiary/aromatic N) is 4. The molecule has 0 saturated carbocycles. The summed E-state index contributed by atoms with van der Waals surface area (Å²) in [6, 6.07) is 6.08. The van der Waals surface area contributed by atoms with Crippen molar-refractivity contribution in [2.45, 2.75) is 26.4 Å². The van der Waals surface area contributed by atoms with Gasteiger partial charge in [-0.3, -0.25) is 4.79 Å². The van der Waals surface area contributed by atoms with Crippen molar-refractivity contribution in [3.05, 3.63) is 76.2 Å². The van der Waals surface area contributed by atoms with Gasteiger partial charge in [-0.25, -0.2) is 13.8 Å². The molecule has 0 bridgehead atoms. The van der Waals surface area contributed by atoms with Crippen molar-refractivity contribution < 1.29 is 27.5 Å². The van der Waals surface area contributed by atoms with Crippen LogP contribution in [-0.2, 0) is 12.6 Å². The molecule has 36 heavy (non-hydrogen) atoms. The number of furan rings is 1. The molecule has 0 atom stereocenters. The first-order valence-electron chi connectivity index (χ1n) is 10.8. The van der Waals surface area contributed by atoms with Gasteiger partial charge in [0, 0.05) is 54.5 Å². The number of halogens is 2. The number of ether oxygens (including phenoxy) is 1. The van der Waals surface area contributed by atoms with Crippen molar-refractivity contribution in [1.82, 2.24) is 19.7 Å². The lowest BCUT2D eigenvalue weighted by molar-refractivity contribution is 0.0782. The van der Waals surface area contributed by atoms with E-state index >= 15 is 0 Å². The number of fused-ring (bicyclic) bond motifs is 1. The van der Waals surface area contributed by atoms with E-state index in [-0.39, 0.29) is 28.9 Å². The summed E-state index contributed by atoms with van der Waals surface area (Å²) < 4.78 is 46.1. The topological polar surface area (TPSA) is 116 Å². The molecule has 5 rings (SSSR count). The van der Waals surface area contributed by atoms with Gasteiger partial charge in [0.05, 0.1) is 5.60 Å². The standard InChI is InChI=1S/C25H20F2N4O5/c1-12-29-30-23(34-12)20-9-15-17(11-31(4)24(32)21(15)35-20)16-7-13(25(2,3)33)10-28-22(16)36-19-6-5-14(26)8-18(19)27/h5-11,33H,1-4H3. The number of hydrogen-bond acceptors (Lipinski definition) is 8.